The maximum absolute atomic E-state index is 12.8. The molecular formula is C25H25N5O6. The van der Waals surface area contributed by atoms with Crippen molar-refractivity contribution in [2.45, 2.75) is 12.6 Å². The summed E-state index contributed by atoms with van der Waals surface area (Å²) < 4.78 is 29.6. The number of amides is 1. The third-order valence-electron chi connectivity index (χ3n) is 5.63. The van der Waals surface area contributed by atoms with Crippen molar-refractivity contribution in [3.8, 4) is 40.0 Å². The van der Waals surface area contributed by atoms with E-state index in [0.717, 1.165) is 5.75 Å². The van der Waals surface area contributed by atoms with Gasteiger partial charge in [0.1, 0.15) is 12.3 Å². The molecule has 186 valence electrons. The molecule has 4 aromatic rings. The Balaban J connectivity index is 1.25. The standard InChI is InChI=1S/C25H25N5O6/c1-32-22-8-15(9-23(33-2)24(22)34-3)18-10-19(29-28-18)25(31)27-16-11-26-30(12-16)13-17-14-35-20-6-4-5-7-21(20)36-17/h4-12,17H,13-14H2,1-3H3,(H,27,31)(H,28,29). The van der Waals surface area contributed by atoms with Crippen LogP contribution in [-0.4, -0.2) is 59.9 Å². The smallest absolute Gasteiger partial charge is 0.273 e. The molecule has 0 radical (unpaired) electrons. The highest BCUT2D eigenvalue weighted by molar-refractivity contribution is 6.03. The van der Waals surface area contributed by atoms with Gasteiger partial charge in [-0.25, -0.2) is 0 Å². The van der Waals surface area contributed by atoms with E-state index >= 15 is 0 Å². The normalized spacial score (nSPS) is 14.2. The molecular weight excluding hydrogens is 466 g/mol. The predicted octanol–water partition coefficient (Wildman–Crippen LogP) is 3.39. The highest BCUT2D eigenvalue weighted by Gasteiger charge is 2.22. The molecule has 2 N–H and O–H groups in total. The Bertz CT molecular complexity index is 1360. The summed E-state index contributed by atoms with van der Waals surface area (Å²) in [5.41, 5.74) is 2.07. The first-order chi connectivity index (χ1) is 17.6. The van der Waals surface area contributed by atoms with Crippen LogP contribution in [-0.2, 0) is 6.54 Å². The number of para-hydroxylation sites is 2. The summed E-state index contributed by atoms with van der Waals surface area (Å²) in [6, 6.07) is 12.7. The fourth-order valence-electron chi connectivity index (χ4n) is 3.90. The third-order valence-corrected chi connectivity index (χ3v) is 5.63. The molecule has 11 heteroatoms. The Morgan fingerprint density at radius 2 is 1.86 bits per heavy atom. The maximum atomic E-state index is 12.8. The van der Waals surface area contributed by atoms with E-state index in [-0.39, 0.29) is 17.7 Å². The number of aromatic amines is 1. The van der Waals surface area contributed by atoms with Crippen LogP contribution in [0.5, 0.6) is 28.7 Å². The van der Waals surface area contributed by atoms with Gasteiger partial charge >= 0.3 is 0 Å². The summed E-state index contributed by atoms with van der Waals surface area (Å²) in [6.45, 7) is 0.885. The van der Waals surface area contributed by atoms with Crippen molar-refractivity contribution in [1.29, 1.82) is 0 Å². The largest absolute Gasteiger partial charge is 0.493 e. The zero-order valence-electron chi connectivity index (χ0n) is 20.0. The van der Waals surface area contributed by atoms with E-state index < -0.39 is 0 Å². The quantitative estimate of drug-likeness (QED) is 0.385. The number of benzene rings is 2. The average molecular weight is 492 g/mol. The number of hydrogen-bond acceptors (Lipinski definition) is 8. The lowest BCUT2D eigenvalue weighted by molar-refractivity contribution is 0.0759. The zero-order valence-corrected chi connectivity index (χ0v) is 20.0. The molecule has 36 heavy (non-hydrogen) atoms. The Kier molecular flexibility index (Phi) is 6.35. The molecule has 1 amide bonds. The van der Waals surface area contributed by atoms with Crippen LogP contribution in [0.3, 0.4) is 0 Å². The molecule has 0 saturated carbocycles. The van der Waals surface area contributed by atoms with Crippen molar-refractivity contribution < 1.29 is 28.5 Å². The summed E-state index contributed by atoms with van der Waals surface area (Å²) in [7, 11) is 4.61. The number of anilines is 1. The van der Waals surface area contributed by atoms with Gasteiger partial charge in [0.15, 0.2) is 29.1 Å². The Morgan fingerprint density at radius 1 is 1.11 bits per heavy atom. The molecule has 0 aliphatic carbocycles. The minimum atomic E-state index is -0.355. The molecule has 1 aliphatic rings. The number of methoxy groups -OCH3 is 3. The lowest BCUT2D eigenvalue weighted by atomic mass is 10.1. The van der Waals surface area contributed by atoms with Gasteiger partial charge in [0.25, 0.3) is 5.91 Å². The SMILES string of the molecule is COc1cc(-c2cc(C(=O)Nc3cnn(CC4COc5ccccc5O4)c3)[nH]n2)cc(OC)c1OC. The van der Waals surface area contributed by atoms with Gasteiger partial charge in [-0.05, 0) is 30.3 Å². The first kappa shape index (κ1) is 23.1. The van der Waals surface area contributed by atoms with Gasteiger partial charge in [-0.2, -0.15) is 10.2 Å². The molecule has 1 atom stereocenters. The van der Waals surface area contributed by atoms with Crippen LogP contribution in [0.1, 0.15) is 10.5 Å². The van der Waals surface area contributed by atoms with Crippen LogP contribution in [0.2, 0.25) is 0 Å². The summed E-state index contributed by atoms with van der Waals surface area (Å²) in [5.74, 6) is 2.54. The van der Waals surface area contributed by atoms with Gasteiger partial charge in [-0.1, -0.05) is 12.1 Å². The van der Waals surface area contributed by atoms with Crippen LogP contribution in [0.25, 0.3) is 11.3 Å². The Labute approximate surface area is 206 Å². The van der Waals surface area contributed by atoms with Crippen molar-refractivity contribution in [1.82, 2.24) is 20.0 Å². The van der Waals surface area contributed by atoms with Gasteiger partial charge in [0.2, 0.25) is 5.75 Å². The zero-order chi connectivity index (χ0) is 25.1. The summed E-state index contributed by atoms with van der Waals surface area (Å²) in [5, 5.41) is 14.2. The fraction of sp³-hybridized carbons (Fsp3) is 0.240. The van der Waals surface area contributed by atoms with E-state index in [1.54, 1.807) is 35.3 Å². The average Bonchev–Trinajstić information content (AvgIpc) is 3.57. The van der Waals surface area contributed by atoms with Gasteiger partial charge in [0.05, 0.1) is 45.5 Å². The molecule has 1 unspecified atom stereocenters. The number of rotatable bonds is 8. The predicted molar refractivity (Wildman–Crippen MR) is 130 cm³/mol. The number of carbonyl (C=O) groups excluding carboxylic acids is 1. The molecule has 2 aromatic carbocycles. The topological polar surface area (TPSA) is 122 Å². The number of nitrogens with zero attached hydrogens (tertiary/aromatic N) is 3. The van der Waals surface area contributed by atoms with Gasteiger partial charge in [-0.3, -0.25) is 14.6 Å². The molecule has 2 aromatic heterocycles. The van der Waals surface area contributed by atoms with Gasteiger partial charge in [0, 0.05) is 11.8 Å². The molecule has 1 aliphatic heterocycles. The van der Waals surface area contributed by atoms with Crippen molar-refractivity contribution in [3.63, 3.8) is 0 Å². The second kappa shape index (κ2) is 9.90. The van der Waals surface area contributed by atoms with Crippen molar-refractivity contribution in [2.75, 3.05) is 33.3 Å². The van der Waals surface area contributed by atoms with E-state index in [9.17, 15) is 4.79 Å². The lowest BCUT2D eigenvalue weighted by Gasteiger charge is -2.26. The lowest BCUT2D eigenvalue weighted by Crippen LogP contribution is -2.33. The maximum Gasteiger partial charge on any atom is 0.273 e. The Hall–Kier alpha value is -4.67. The third kappa shape index (κ3) is 4.63. The van der Waals surface area contributed by atoms with Crippen LogP contribution in [0.4, 0.5) is 5.69 Å². The Morgan fingerprint density at radius 3 is 2.58 bits per heavy atom. The molecule has 0 fully saturated rings. The molecule has 5 rings (SSSR count). The van der Waals surface area contributed by atoms with E-state index in [1.807, 2.05) is 24.3 Å². The van der Waals surface area contributed by atoms with Crippen molar-refractivity contribution in [3.05, 3.63) is 60.6 Å². The molecule has 0 spiro atoms. The highest BCUT2D eigenvalue weighted by atomic mass is 16.6. The van der Waals surface area contributed by atoms with E-state index in [4.69, 9.17) is 23.7 Å². The fourth-order valence-corrected chi connectivity index (χ4v) is 3.90. The van der Waals surface area contributed by atoms with Crippen LogP contribution >= 0.6 is 0 Å². The number of ether oxygens (including phenoxy) is 5. The van der Waals surface area contributed by atoms with Gasteiger partial charge < -0.3 is 29.0 Å². The molecule has 0 bridgehead atoms. The summed E-state index contributed by atoms with van der Waals surface area (Å²) >= 11 is 0. The second-order valence-electron chi connectivity index (χ2n) is 7.98. The van der Waals surface area contributed by atoms with Gasteiger partial charge in [-0.15, -0.1) is 0 Å². The minimum Gasteiger partial charge on any atom is -0.493 e. The number of hydrogen-bond donors (Lipinski definition) is 2. The first-order valence-corrected chi connectivity index (χ1v) is 11.2. The number of fused-ring (bicyclic) bond motifs is 1. The molecule has 3 heterocycles. The van der Waals surface area contributed by atoms with Crippen LogP contribution in [0, 0.1) is 0 Å². The number of nitrogens with one attached hydrogen (secondary N) is 2. The monoisotopic (exact) mass is 491 g/mol. The molecule has 0 saturated heterocycles. The number of H-pyrrole nitrogens is 1. The number of aromatic nitrogens is 4. The van der Waals surface area contributed by atoms with Crippen molar-refractivity contribution >= 4 is 11.6 Å². The number of carbonyl (C=O) groups is 1. The van der Waals surface area contributed by atoms with E-state index in [1.165, 1.54) is 21.3 Å². The first-order valence-electron chi connectivity index (χ1n) is 11.2. The molecule has 11 nitrogen and oxygen atoms in total. The van der Waals surface area contributed by atoms with E-state index in [2.05, 4.69) is 20.6 Å². The van der Waals surface area contributed by atoms with Crippen molar-refractivity contribution in [2.24, 2.45) is 0 Å². The summed E-state index contributed by atoms with van der Waals surface area (Å²) in [4.78, 5) is 12.8. The van der Waals surface area contributed by atoms with Crippen LogP contribution in [0.15, 0.2) is 54.9 Å². The summed E-state index contributed by atoms with van der Waals surface area (Å²) in [6.07, 6.45) is 3.11. The van der Waals surface area contributed by atoms with Crippen LogP contribution < -0.4 is 29.0 Å². The highest BCUT2D eigenvalue weighted by Crippen LogP contribution is 2.41. The minimum absolute atomic E-state index is 0.197. The second-order valence-corrected chi connectivity index (χ2v) is 7.98. The van der Waals surface area contributed by atoms with E-state index in [0.29, 0.717) is 53.1 Å².